The fourth-order valence-corrected chi connectivity index (χ4v) is 2.39. The molecule has 122 valence electrons. The van der Waals surface area contributed by atoms with Crippen molar-refractivity contribution in [1.29, 1.82) is 0 Å². The summed E-state index contributed by atoms with van der Waals surface area (Å²) in [6.45, 7) is 9.35. The molecule has 0 aliphatic rings. The molecule has 0 radical (unpaired) electrons. The molecule has 0 atom stereocenters. The summed E-state index contributed by atoms with van der Waals surface area (Å²) < 4.78 is 1.93. The van der Waals surface area contributed by atoms with Crippen LogP contribution in [0.5, 0.6) is 0 Å². The predicted molar refractivity (Wildman–Crippen MR) is 95.9 cm³/mol. The van der Waals surface area contributed by atoms with E-state index in [9.17, 15) is 4.79 Å². The number of hydrogen-bond donors (Lipinski definition) is 0. The summed E-state index contributed by atoms with van der Waals surface area (Å²) in [6.07, 6.45) is 5.75. The lowest BCUT2D eigenvalue weighted by atomic mass is 10.0. The summed E-state index contributed by atoms with van der Waals surface area (Å²) in [5, 5.41) is 0. The maximum Gasteiger partial charge on any atom is 0.182 e. The van der Waals surface area contributed by atoms with Crippen molar-refractivity contribution >= 4 is 17.8 Å². The van der Waals surface area contributed by atoms with E-state index < -0.39 is 0 Å². The molecule has 0 spiro atoms. The van der Waals surface area contributed by atoms with Crippen LogP contribution in [0.2, 0.25) is 0 Å². The number of aryl methyl sites for hydroxylation is 3. The zero-order valence-electron chi connectivity index (χ0n) is 14.6. The number of carbonyl (C=O) groups is 1. The van der Waals surface area contributed by atoms with Gasteiger partial charge in [-0.25, -0.2) is 4.99 Å². The van der Waals surface area contributed by atoms with Crippen LogP contribution in [0.3, 0.4) is 0 Å². The Bertz CT molecular complexity index is 728. The highest BCUT2D eigenvalue weighted by atomic mass is 16.1. The number of carbonyl (C=O) groups excluding carboxylic acids is 1. The lowest BCUT2D eigenvalue weighted by molar-refractivity contribution is 0.0971. The molecule has 23 heavy (non-hydrogen) atoms. The Morgan fingerprint density at radius 1 is 1.26 bits per heavy atom. The Morgan fingerprint density at radius 2 is 2.00 bits per heavy atom. The van der Waals surface area contributed by atoms with E-state index in [0.717, 1.165) is 34.5 Å². The molecule has 1 aromatic carbocycles. The van der Waals surface area contributed by atoms with Crippen molar-refractivity contribution in [3.05, 3.63) is 52.8 Å². The quantitative estimate of drug-likeness (QED) is 0.461. The van der Waals surface area contributed by atoms with Gasteiger partial charge in [0.05, 0.1) is 18.6 Å². The fourth-order valence-electron chi connectivity index (χ4n) is 2.39. The summed E-state index contributed by atoms with van der Waals surface area (Å²) in [5.74, 6) is 0.127. The van der Waals surface area contributed by atoms with Gasteiger partial charge < -0.3 is 9.47 Å². The first-order valence-electron chi connectivity index (χ1n) is 7.92. The highest BCUT2D eigenvalue weighted by Gasteiger charge is 2.12. The molecule has 0 amide bonds. The van der Waals surface area contributed by atoms with Crippen molar-refractivity contribution in [1.82, 2.24) is 9.47 Å². The molecule has 0 aliphatic heterocycles. The number of rotatable bonds is 6. The van der Waals surface area contributed by atoms with E-state index >= 15 is 0 Å². The van der Waals surface area contributed by atoms with Gasteiger partial charge in [0.15, 0.2) is 5.78 Å². The summed E-state index contributed by atoms with van der Waals surface area (Å²) in [6, 6.07) is 5.95. The summed E-state index contributed by atoms with van der Waals surface area (Å²) in [4.78, 5) is 19.1. The number of Topliss-reactive ketones (excluding diaryl/α,β-unsaturated/α-hetero) is 1. The number of hydrogen-bond acceptors (Lipinski definition) is 2. The van der Waals surface area contributed by atoms with E-state index in [2.05, 4.69) is 11.9 Å². The first-order valence-corrected chi connectivity index (χ1v) is 7.92. The molecule has 0 saturated carbocycles. The number of benzene rings is 1. The molecule has 0 saturated heterocycles. The van der Waals surface area contributed by atoms with Gasteiger partial charge in [0.25, 0.3) is 0 Å². The van der Waals surface area contributed by atoms with Gasteiger partial charge in [-0.1, -0.05) is 0 Å². The molecule has 4 nitrogen and oxygen atoms in total. The van der Waals surface area contributed by atoms with Crippen molar-refractivity contribution < 1.29 is 4.79 Å². The van der Waals surface area contributed by atoms with Crippen molar-refractivity contribution in [3.8, 4) is 0 Å². The van der Waals surface area contributed by atoms with E-state index in [1.54, 1.807) is 0 Å². The molecule has 0 fully saturated rings. The van der Waals surface area contributed by atoms with Crippen LogP contribution in [-0.2, 0) is 6.54 Å². The van der Waals surface area contributed by atoms with Gasteiger partial charge in [-0.05, 0) is 62.6 Å². The molecule has 0 unspecified atom stereocenters. The Hall–Kier alpha value is -2.36. The monoisotopic (exact) mass is 311 g/mol. The number of nitrogens with zero attached hydrogens (tertiary/aromatic N) is 3. The molecule has 0 aliphatic carbocycles. The van der Waals surface area contributed by atoms with Gasteiger partial charge in [-0.15, -0.1) is 0 Å². The van der Waals surface area contributed by atoms with Gasteiger partial charge >= 0.3 is 0 Å². The van der Waals surface area contributed by atoms with Crippen molar-refractivity contribution in [3.63, 3.8) is 0 Å². The summed E-state index contributed by atoms with van der Waals surface area (Å²) in [7, 11) is 1.99. The fraction of sp³-hybridized carbons (Fsp3) is 0.368. The van der Waals surface area contributed by atoms with Crippen LogP contribution in [0.25, 0.3) is 0 Å². The highest BCUT2D eigenvalue weighted by molar-refractivity contribution is 5.98. The molecule has 1 heterocycles. The third-order valence-corrected chi connectivity index (χ3v) is 3.96. The van der Waals surface area contributed by atoms with Crippen molar-refractivity contribution in [2.24, 2.45) is 4.99 Å². The van der Waals surface area contributed by atoms with E-state index in [1.807, 2.05) is 74.2 Å². The molecule has 2 rings (SSSR count). The van der Waals surface area contributed by atoms with Gasteiger partial charge in [0.1, 0.15) is 0 Å². The Labute approximate surface area is 138 Å². The van der Waals surface area contributed by atoms with Gasteiger partial charge in [0.2, 0.25) is 0 Å². The lowest BCUT2D eigenvalue weighted by Gasteiger charge is -2.11. The third-order valence-electron chi connectivity index (χ3n) is 3.96. The minimum atomic E-state index is 0.127. The molecular weight excluding hydrogens is 286 g/mol. The zero-order chi connectivity index (χ0) is 17.0. The second-order valence-corrected chi connectivity index (χ2v) is 6.06. The van der Waals surface area contributed by atoms with E-state index in [1.165, 1.54) is 0 Å². The normalized spacial score (nSPS) is 11.2. The molecule has 1 aromatic heterocycles. The van der Waals surface area contributed by atoms with Crippen LogP contribution in [-0.4, -0.2) is 35.2 Å². The average Bonchev–Trinajstić information content (AvgIpc) is 2.92. The zero-order valence-corrected chi connectivity index (χ0v) is 14.6. The summed E-state index contributed by atoms with van der Waals surface area (Å²) >= 11 is 0. The Morgan fingerprint density at radius 3 is 2.61 bits per heavy atom. The number of aliphatic imine (C=N–C) groups is 1. The number of aromatic nitrogens is 1. The van der Waals surface area contributed by atoms with Crippen LogP contribution in [0, 0.1) is 20.8 Å². The minimum Gasteiger partial charge on any atom is -0.366 e. The van der Waals surface area contributed by atoms with E-state index in [0.29, 0.717) is 6.54 Å². The van der Waals surface area contributed by atoms with E-state index in [-0.39, 0.29) is 5.78 Å². The Balaban J connectivity index is 2.22. The average molecular weight is 311 g/mol. The second-order valence-electron chi connectivity index (χ2n) is 6.06. The van der Waals surface area contributed by atoms with Crippen LogP contribution in [0.15, 0.2) is 35.6 Å². The first kappa shape index (κ1) is 17.0. The first-order chi connectivity index (χ1) is 10.9. The second kappa shape index (κ2) is 7.27. The van der Waals surface area contributed by atoms with Gasteiger partial charge in [0, 0.05) is 31.5 Å². The van der Waals surface area contributed by atoms with E-state index in [4.69, 9.17) is 0 Å². The SMILES string of the molecule is CCN(C)/C=N\c1cc(C)c(C(=O)Cn2ccc(C)c2)cc1C. The van der Waals surface area contributed by atoms with Crippen LogP contribution >= 0.6 is 0 Å². The van der Waals surface area contributed by atoms with Crippen LogP contribution in [0.4, 0.5) is 5.69 Å². The number of ketones is 1. The standard InChI is InChI=1S/C19H25N3O/c1-6-21(5)13-20-18-10-15(3)17(9-16(18)4)19(23)12-22-8-7-14(2)11-22/h7-11,13H,6,12H2,1-5H3/b20-13-. The molecule has 2 aromatic rings. The highest BCUT2D eigenvalue weighted by Crippen LogP contribution is 2.24. The van der Waals surface area contributed by atoms with Gasteiger partial charge in [-0.3, -0.25) is 4.79 Å². The van der Waals surface area contributed by atoms with Crippen molar-refractivity contribution in [2.45, 2.75) is 34.2 Å². The van der Waals surface area contributed by atoms with Crippen LogP contribution in [0.1, 0.15) is 34.0 Å². The largest absolute Gasteiger partial charge is 0.366 e. The topological polar surface area (TPSA) is 37.6 Å². The molecule has 4 heteroatoms. The van der Waals surface area contributed by atoms with Crippen molar-refractivity contribution in [2.75, 3.05) is 13.6 Å². The summed E-state index contributed by atoms with van der Waals surface area (Å²) in [5.41, 5.74) is 4.84. The van der Waals surface area contributed by atoms with Gasteiger partial charge in [-0.2, -0.15) is 0 Å². The third kappa shape index (κ3) is 4.31. The maximum absolute atomic E-state index is 12.6. The predicted octanol–water partition coefficient (Wildman–Crippen LogP) is 3.91. The molecule has 0 bridgehead atoms. The molecule has 0 N–H and O–H groups in total. The van der Waals surface area contributed by atoms with Crippen LogP contribution < -0.4 is 0 Å². The Kier molecular flexibility index (Phi) is 5.37. The smallest absolute Gasteiger partial charge is 0.182 e. The molecular formula is C19H25N3O. The lowest BCUT2D eigenvalue weighted by Crippen LogP contribution is -2.14. The minimum absolute atomic E-state index is 0.127. The maximum atomic E-state index is 12.6.